The van der Waals surface area contributed by atoms with Gasteiger partial charge in [-0.2, -0.15) is 0 Å². The number of hydrogen-bond acceptors (Lipinski definition) is 5. The van der Waals surface area contributed by atoms with Gasteiger partial charge in [0.15, 0.2) is 0 Å². The van der Waals surface area contributed by atoms with Gasteiger partial charge in [-0.05, 0) is 48.5 Å². The van der Waals surface area contributed by atoms with Crippen molar-refractivity contribution in [1.29, 1.82) is 0 Å². The second kappa shape index (κ2) is 7.21. The molecule has 1 aromatic heterocycles. The van der Waals surface area contributed by atoms with Crippen LogP contribution in [-0.4, -0.2) is 20.4 Å². The van der Waals surface area contributed by atoms with Crippen LogP contribution in [0, 0.1) is 5.82 Å². The maximum atomic E-state index is 13.9. The minimum atomic E-state index is -4.00. The van der Waals surface area contributed by atoms with Crippen LogP contribution in [0.5, 0.6) is 10.9 Å². The van der Waals surface area contributed by atoms with Crippen molar-refractivity contribution < 1.29 is 17.5 Å². The third-order valence-corrected chi connectivity index (χ3v) is 6.89. The van der Waals surface area contributed by atoms with Gasteiger partial charge in [0.05, 0.1) is 15.9 Å². The second-order valence-corrected chi connectivity index (χ2v) is 8.88. The van der Waals surface area contributed by atoms with Gasteiger partial charge < -0.3 is 4.74 Å². The fourth-order valence-electron chi connectivity index (χ4n) is 2.66. The average Bonchev–Trinajstić information content (AvgIpc) is 3.10. The minimum Gasteiger partial charge on any atom is -0.431 e. The molecule has 1 heterocycles. The number of aromatic nitrogens is 1. The van der Waals surface area contributed by atoms with Crippen LogP contribution in [-0.2, 0) is 10.0 Å². The van der Waals surface area contributed by atoms with Gasteiger partial charge in [0.1, 0.15) is 16.5 Å². The zero-order valence-electron chi connectivity index (χ0n) is 14.7. The van der Waals surface area contributed by atoms with E-state index in [9.17, 15) is 12.8 Å². The van der Waals surface area contributed by atoms with Crippen LogP contribution >= 0.6 is 11.3 Å². The zero-order chi connectivity index (χ0) is 19.7. The third-order valence-electron chi connectivity index (χ3n) is 4.15. The Hall–Kier alpha value is -2.97. The first-order chi connectivity index (χ1) is 13.4. The number of ether oxygens (including phenoxy) is 1. The molecule has 0 spiro atoms. The molecule has 0 radical (unpaired) electrons. The van der Waals surface area contributed by atoms with Gasteiger partial charge in [-0.25, -0.2) is 17.8 Å². The molecule has 0 bridgehead atoms. The van der Waals surface area contributed by atoms with Crippen molar-refractivity contribution in [3.05, 3.63) is 78.6 Å². The average molecular weight is 414 g/mol. The largest absolute Gasteiger partial charge is 0.431 e. The Balaban J connectivity index is 1.56. The molecule has 0 unspecified atom stereocenters. The normalized spacial score (nSPS) is 11.5. The molecule has 0 aliphatic heterocycles. The predicted molar refractivity (Wildman–Crippen MR) is 108 cm³/mol. The fraction of sp³-hybridized carbons (Fsp3) is 0.0500. The number of hydrogen-bond donors (Lipinski definition) is 0. The molecule has 4 rings (SSSR count). The first-order valence-electron chi connectivity index (χ1n) is 8.32. The molecule has 4 aromatic rings. The number of nitrogens with zero attached hydrogens (tertiary/aromatic N) is 2. The number of anilines is 1. The highest BCUT2D eigenvalue weighted by molar-refractivity contribution is 7.92. The summed E-state index contributed by atoms with van der Waals surface area (Å²) in [5, 5.41) is 0.501. The molecule has 0 amide bonds. The molecule has 0 N–H and O–H groups in total. The molecule has 8 heteroatoms. The summed E-state index contributed by atoms with van der Waals surface area (Å²) in [5.74, 6) is -0.260. The lowest BCUT2D eigenvalue weighted by Crippen LogP contribution is -2.27. The van der Waals surface area contributed by atoms with E-state index >= 15 is 0 Å². The molecule has 0 saturated carbocycles. The van der Waals surface area contributed by atoms with Gasteiger partial charge in [-0.15, -0.1) is 0 Å². The molecule has 0 aliphatic rings. The zero-order valence-corrected chi connectivity index (χ0v) is 16.4. The van der Waals surface area contributed by atoms with Crippen LogP contribution in [0.2, 0.25) is 0 Å². The number of rotatable bonds is 5. The predicted octanol–water partition coefficient (Wildman–Crippen LogP) is 5.05. The Bertz CT molecular complexity index is 1200. The van der Waals surface area contributed by atoms with Crippen LogP contribution in [0.15, 0.2) is 77.7 Å². The number of para-hydroxylation sites is 1. The monoisotopic (exact) mass is 414 g/mol. The molecule has 0 saturated heterocycles. The van der Waals surface area contributed by atoms with Gasteiger partial charge in [0.2, 0.25) is 0 Å². The second-order valence-electron chi connectivity index (χ2n) is 5.95. The van der Waals surface area contributed by atoms with E-state index in [0.29, 0.717) is 16.6 Å². The van der Waals surface area contributed by atoms with Crippen LogP contribution in [0.4, 0.5) is 10.1 Å². The van der Waals surface area contributed by atoms with E-state index in [-0.39, 0.29) is 4.90 Å². The number of halogens is 1. The fourth-order valence-corrected chi connectivity index (χ4v) is 4.75. The number of thiazole rings is 1. The van der Waals surface area contributed by atoms with E-state index in [1.54, 1.807) is 24.3 Å². The Labute approximate surface area is 165 Å². The summed E-state index contributed by atoms with van der Waals surface area (Å²) in [5.41, 5.74) is 1.25. The molecular formula is C20H15FN2O3S2. The summed E-state index contributed by atoms with van der Waals surface area (Å²) in [7, 11) is -2.62. The summed E-state index contributed by atoms with van der Waals surface area (Å²) in [6.45, 7) is 0. The highest BCUT2D eigenvalue weighted by Crippen LogP contribution is 2.32. The van der Waals surface area contributed by atoms with Gasteiger partial charge >= 0.3 is 0 Å². The highest BCUT2D eigenvalue weighted by Gasteiger charge is 2.24. The highest BCUT2D eigenvalue weighted by atomic mass is 32.2. The first kappa shape index (κ1) is 18.4. The van der Waals surface area contributed by atoms with Gasteiger partial charge in [0.25, 0.3) is 15.2 Å². The van der Waals surface area contributed by atoms with Crippen molar-refractivity contribution in [2.75, 3.05) is 11.4 Å². The lowest BCUT2D eigenvalue weighted by Gasteiger charge is -2.20. The quantitative estimate of drug-likeness (QED) is 0.458. The summed E-state index contributed by atoms with van der Waals surface area (Å²) >= 11 is 1.42. The molecule has 5 nitrogen and oxygen atoms in total. The van der Waals surface area contributed by atoms with Gasteiger partial charge in [-0.1, -0.05) is 35.6 Å². The first-order valence-corrected chi connectivity index (χ1v) is 10.6. The van der Waals surface area contributed by atoms with Crippen molar-refractivity contribution in [1.82, 2.24) is 4.98 Å². The number of benzene rings is 3. The standard InChI is InChI=1S/C20H15FN2O3S2/c1-23(28(24,25)19-9-5-2-6-16(19)21)14-10-12-15(13-11-14)26-20-22-17-7-3-4-8-18(17)27-20/h2-13H,1H3. The number of fused-ring (bicyclic) bond motifs is 1. The summed E-state index contributed by atoms with van der Waals surface area (Å²) in [6.07, 6.45) is 0. The molecule has 3 aromatic carbocycles. The SMILES string of the molecule is CN(c1ccc(Oc2nc3ccccc3s2)cc1)S(=O)(=O)c1ccccc1F. The van der Waals surface area contributed by atoms with E-state index in [0.717, 1.165) is 20.6 Å². The van der Waals surface area contributed by atoms with Crippen molar-refractivity contribution in [2.24, 2.45) is 0 Å². The molecule has 0 aliphatic carbocycles. The van der Waals surface area contributed by atoms with Gasteiger partial charge in [0, 0.05) is 7.05 Å². The van der Waals surface area contributed by atoms with Crippen LogP contribution in [0.3, 0.4) is 0 Å². The molecule has 0 atom stereocenters. The van der Waals surface area contributed by atoms with E-state index in [2.05, 4.69) is 4.98 Å². The maximum absolute atomic E-state index is 13.9. The van der Waals surface area contributed by atoms with Gasteiger partial charge in [-0.3, -0.25) is 4.31 Å². The Morgan fingerprint density at radius 3 is 2.36 bits per heavy atom. The Kier molecular flexibility index (Phi) is 4.74. The van der Waals surface area contributed by atoms with Crippen LogP contribution < -0.4 is 9.04 Å². The molecule has 0 fully saturated rings. The van der Waals surface area contributed by atoms with Crippen molar-refractivity contribution >= 4 is 37.3 Å². The van der Waals surface area contributed by atoms with Crippen LogP contribution in [0.25, 0.3) is 10.2 Å². The Morgan fingerprint density at radius 1 is 0.964 bits per heavy atom. The van der Waals surface area contributed by atoms with E-state index in [4.69, 9.17) is 4.74 Å². The smallest absolute Gasteiger partial charge is 0.279 e. The summed E-state index contributed by atoms with van der Waals surface area (Å²) in [6, 6.07) is 19.5. The van der Waals surface area contributed by atoms with E-state index in [1.807, 2.05) is 24.3 Å². The van der Waals surface area contributed by atoms with Crippen molar-refractivity contribution in [2.45, 2.75) is 4.90 Å². The molecule has 142 valence electrons. The van der Waals surface area contributed by atoms with E-state index in [1.165, 1.54) is 36.6 Å². The molecule has 28 heavy (non-hydrogen) atoms. The summed E-state index contributed by atoms with van der Waals surface area (Å²) in [4.78, 5) is 4.03. The molecular weight excluding hydrogens is 399 g/mol. The lowest BCUT2D eigenvalue weighted by atomic mass is 10.3. The van der Waals surface area contributed by atoms with Crippen LogP contribution in [0.1, 0.15) is 0 Å². The van der Waals surface area contributed by atoms with Crippen molar-refractivity contribution in [3.8, 4) is 10.9 Å². The van der Waals surface area contributed by atoms with Crippen molar-refractivity contribution in [3.63, 3.8) is 0 Å². The third kappa shape index (κ3) is 3.44. The van der Waals surface area contributed by atoms with E-state index < -0.39 is 15.8 Å². The lowest BCUT2D eigenvalue weighted by molar-refractivity contribution is 0.480. The summed E-state index contributed by atoms with van der Waals surface area (Å²) < 4.78 is 47.1. The number of sulfonamides is 1. The Morgan fingerprint density at radius 2 is 1.64 bits per heavy atom. The minimum absolute atomic E-state index is 0.368. The topological polar surface area (TPSA) is 59.5 Å². The maximum Gasteiger partial charge on any atom is 0.279 e.